The van der Waals surface area contributed by atoms with Crippen molar-refractivity contribution in [3.63, 3.8) is 0 Å². The number of rotatable bonds is 4. The molecule has 0 radical (unpaired) electrons. The number of thioether (sulfide) groups is 1. The first kappa shape index (κ1) is 13.6. The van der Waals surface area contributed by atoms with E-state index in [0.29, 0.717) is 11.0 Å². The van der Waals surface area contributed by atoms with Gasteiger partial charge in [0.15, 0.2) is 5.78 Å². The molecule has 2 rings (SSSR count). The molecule has 2 nitrogen and oxygen atoms in total. The van der Waals surface area contributed by atoms with Crippen LogP contribution in [0.1, 0.15) is 34.3 Å². The largest absolute Gasteiger partial charge is 0.316 e. The minimum Gasteiger partial charge on any atom is -0.316 e. The van der Waals surface area contributed by atoms with Crippen LogP contribution in [0.2, 0.25) is 0 Å². The topological polar surface area (TPSA) is 29.1 Å². The molecule has 3 heteroatoms. The van der Waals surface area contributed by atoms with E-state index < -0.39 is 0 Å². The summed E-state index contributed by atoms with van der Waals surface area (Å²) in [5.41, 5.74) is 3.30. The number of benzene rings is 1. The maximum absolute atomic E-state index is 12.1. The molecule has 1 aliphatic rings. The van der Waals surface area contributed by atoms with E-state index in [1.165, 1.54) is 24.0 Å². The highest BCUT2D eigenvalue weighted by Gasteiger charge is 2.15. The van der Waals surface area contributed by atoms with Crippen LogP contribution in [-0.2, 0) is 0 Å². The zero-order chi connectivity index (χ0) is 13.0. The summed E-state index contributed by atoms with van der Waals surface area (Å²) in [5.74, 6) is 0.864. The molecular weight excluding hydrogens is 242 g/mol. The average Bonchev–Trinajstić information content (AvgIpc) is 2.40. The molecule has 1 saturated heterocycles. The molecule has 18 heavy (non-hydrogen) atoms. The molecule has 1 aliphatic heterocycles. The summed E-state index contributed by atoms with van der Waals surface area (Å²) in [5, 5.41) is 3.99. The van der Waals surface area contributed by atoms with E-state index in [-0.39, 0.29) is 5.78 Å². The molecule has 1 aromatic carbocycles. The number of ketones is 1. The fraction of sp³-hybridized carbons (Fsp3) is 0.533. The summed E-state index contributed by atoms with van der Waals surface area (Å²) in [6.45, 7) is 6.31. The van der Waals surface area contributed by atoms with Gasteiger partial charge in [0, 0.05) is 17.4 Å². The SMILES string of the molecule is Cc1ccc(C(=O)CSC2CCCNC2)cc1C. The Bertz CT molecular complexity index is 425. The van der Waals surface area contributed by atoms with E-state index in [0.717, 1.165) is 18.7 Å². The number of hydrogen-bond donors (Lipinski definition) is 1. The first-order chi connectivity index (χ1) is 8.66. The van der Waals surface area contributed by atoms with Gasteiger partial charge in [0.25, 0.3) is 0 Å². The maximum atomic E-state index is 12.1. The first-order valence-electron chi connectivity index (χ1n) is 6.59. The van der Waals surface area contributed by atoms with Gasteiger partial charge in [0.05, 0.1) is 5.75 Å². The number of piperidine rings is 1. The van der Waals surface area contributed by atoms with Crippen molar-refractivity contribution in [1.82, 2.24) is 5.32 Å². The van der Waals surface area contributed by atoms with E-state index in [4.69, 9.17) is 0 Å². The van der Waals surface area contributed by atoms with Crippen molar-refractivity contribution in [3.8, 4) is 0 Å². The van der Waals surface area contributed by atoms with Gasteiger partial charge in [-0.15, -0.1) is 11.8 Å². The Morgan fingerprint density at radius 3 is 2.89 bits per heavy atom. The normalized spacial score (nSPS) is 19.8. The maximum Gasteiger partial charge on any atom is 0.172 e. The second-order valence-corrected chi connectivity index (χ2v) is 6.29. The van der Waals surface area contributed by atoms with E-state index >= 15 is 0 Å². The van der Waals surface area contributed by atoms with Gasteiger partial charge in [0.1, 0.15) is 0 Å². The monoisotopic (exact) mass is 263 g/mol. The number of carbonyl (C=O) groups is 1. The number of nitrogens with one attached hydrogen (secondary N) is 1. The molecule has 0 amide bonds. The van der Waals surface area contributed by atoms with Crippen molar-refractivity contribution in [2.75, 3.05) is 18.8 Å². The zero-order valence-corrected chi connectivity index (χ0v) is 12.0. The van der Waals surface area contributed by atoms with E-state index in [9.17, 15) is 4.79 Å². The summed E-state index contributed by atoms with van der Waals surface area (Å²) < 4.78 is 0. The van der Waals surface area contributed by atoms with Crippen molar-refractivity contribution < 1.29 is 4.79 Å². The number of Topliss-reactive ketones (excluding diaryl/α,β-unsaturated/α-hetero) is 1. The molecule has 0 aromatic heterocycles. The lowest BCUT2D eigenvalue weighted by molar-refractivity contribution is 0.102. The summed E-state index contributed by atoms with van der Waals surface area (Å²) in [4.78, 5) is 12.1. The molecule has 1 aromatic rings. The van der Waals surface area contributed by atoms with Crippen LogP contribution in [0.25, 0.3) is 0 Å². The highest BCUT2D eigenvalue weighted by molar-refractivity contribution is 8.00. The van der Waals surface area contributed by atoms with Gasteiger partial charge >= 0.3 is 0 Å². The average molecular weight is 263 g/mol. The minimum atomic E-state index is 0.258. The Balaban J connectivity index is 1.88. The van der Waals surface area contributed by atoms with Gasteiger partial charge in [-0.3, -0.25) is 4.79 Å². The van der Waals surface area contributed by atoms with Gasteiger partial charge in [-0.05, 0) is 50.4 Å². The third-order valence-electron chi connectivity index (χ3n) is 3.53. The second kappa shape index (κ2) is 6.39. The molecule has 0 aliphatic carbocycles. The fourth-order valence-electron chi connectivity index (χ4n) is 2.15. The van der Waals surface area contributed by atoms with Crippen LogP contribution in [0.15, 0.2) is 18.2 Å². The van der Waals surface area contributed by atoms with Crippen LogP contribution in [0.5, 0.6) is 0 Å². The van der Waals surface area contributed by atoms with Crippen molar-refractivity contribution in [2.24, 2.45) is 0 Å². The van der Waals surface area contributed by atoms with Gasteiger partial charge in [0.2, 0.25) is 0 Å². The van der Waals surface area contributed by atoms with Crippen LogP contribution in [0.3, 0.4) is 0 Å². The van der Waals surface area contributed by atoms with Crippen LogP contribution in [-0.4, -0.2) is 29.9 Å². The van der Waals surface area contributed by atoms with Crippen LogP contribution >= 0.6 is 11.8 Å². The smallest absolute Gasteiger partial charge is 0.172 e. The van der Waals surface area contributed by atoms with Crippen LogP contribution in [0.4, 0.5) is 0 Å². The fourth-order valence-corrected chi connectivity index (χ4v) is 3.28. The Labute approximate surface area is 114 Å². The van der Waals surface area contributed by atoms with Gasteiger partial charge < -0.3 is 5.32 Å². The predicted octanol–water partition coefficient (Wildman–Crippen LogP) is 2.97. The summed E-state index contributed by atoms with van der Waals surface area (Å²) in [6.07, 6.45) is 2.47. The van der Waals surface area contributed by atoms with E-state index in [1.807, 2.05) is 18.2 Å². The van der Waals surface area contributed by atoms with Gasteiger partial charge in [-0.25, -0.2) is 0 Å². The quantitative estimate of drug-likeness (QED) is 0.847. The molecule has 0 bridgehead atoms. The van der Waals surface area contributed by atoms with Crippen molar-refractivity contribution >= 4 is 17.5 Å². The van der Waals surface area contributed by atoms with Crippen LogP contribution in [0, 0.1) is 13.8 Å². The highest BCUT2D eigenvalue weighted by Crippen LogP contribution is 2.20. The first-order valence-corrected chi connectivity index (χ1v) is 7.64. The lowest BCUT2D eigenvalue weighted by Crippen LogP contribution is -2.32. The molecule has 1 unspecified atom stereocenters. The van der Waals surface area contributed by atoms with Crippen molar-refractivity contribution in [2.45, 2.75) is 31.9 Å². The third-order valence-corrected chi connectivity index (χ3v) is 4.83. The molecular formula is C15H21NOS. The molecule has 1 heterocycles. The molecule has 0 saturated carbocycles. The number of aryl methyl sites for hydroxylation is 2. The summed E-state index contributed by atoms with van der Waals surface area (Å²) in [6, 6.07) is 6.00. The Kier molecular flexibility index (Phi) is 4.84. The highest BCUT2D eigenvalue weighted by atomic mass is 32.2. The molecule has 98 valence electrons. The molecule has 1 fully saturated rings. The molecule has 0 spiro atoms. The second-order valence-electron chi connectivity index (χ2n) is 5.00. The zero-order valence-electron chi connectivity index (χ0n) is 11.2. The van der Waals surface area contributed by atoms with E-state index in [2.05, 4.69) is 19.2 Å². The summed E-state index contributed by atoms with van der Waals surface area (Å²) >= 11 is 1.80. The summed E-state index contributed by atoms with van der Waals surface area (Å²) in [7, 11) is 0. The number of hydrogen-bond acceptors (Lipinski definition) is 3. The lowest BCUT2D eigenvalue weighted by atomic mass is 10.0. The number of carbonyl (C=O) groups excluding carboxylic acids is 1. The Hall–Kier alpha value is -0.800. The van der Waals surface area contributed by atoms with Gasteiger partial charge in [-0.1, -0.05) is 12.1 Å². The molecule has 1 atom stereocenters. The van der Waals surface area contributed by atoms with Gasteiger partial charge in [-0.2, -0.15) is 0 Å². The Morgan fingerprint density at radius 1 is 1.39 bits per heavy atom. The lowest BCUT2D eigenvalue weighted by Gasteiger charge is -2.21. The van der Waals surface area contributed by atoms with E-state index in [1.54, 1.807) is 11.8 Å². The Morgan fingerprint density at radius 2 is 2.22 bits per heavy atom. The third kappa shape index (κ3) is 3.59. The molecule has 1 N–H and O–H groups in total. The van der Waals surface area contributed by atoms with Crippen LogP contribution < -0.4 is 5.32 Å². The van der Waals surface area contributed by atoms with Crippen molar-refractivity contribution in [3.05, 3.63) is 34.9 Å². The predicted molar refractivity (Wildman–Crippen MR) is 78.6 cm³/mol. The minimum absolute atomic E-state index is 0.258. The van der Waals surface area contributed by atoms with Crippen molar-refractivity contribution in [1.29, 1.82) is 0 Å². The standard InChI is InChI=1S/C15H21NOS/c1-11-5-6-13(8-12(11)2)15(17)10-18-14-4-3-7-16-9-14/h5-6,8,14,16H,3-4,7,9-10H2,1-2H3.